The fourth-order valence-corrected chi connectivity index (χ4v) is 2.60. The third kappa shape index (κ3) is 10.9. The van der Waals surface area contributed by atoms with E-state index < -0.39 is 23.7 Å². The highest BCUT2D eigenvalue weighted by molar-refractivity contribution is 8.00. The van der Waals surface area contributed by atoms with E-state index in [1.165, 1.54) is 11.8 Å². The van der Waals surface area contributed by atoms with Crippen LogP contribution in [0.15, 0.2) is 0 Å². The van der Waals surface area contributed by atoms with E-state index in [1.54, 1.807) is 27.7 Å². The first-order chi connectivity index (χ1) is 11.3. The van der Waals surface area contributed by atoms with Crippen molar-refractivity contribution in [2.45, 2.75) is 83.7 Å². The van der Waals surface area contributed by atoms with Gasteiger partial charge in [0.2, 0.25) is 5.91 Å². The monoisotopic (exact) mass is 376 g/mol. The van der Waals surface area contributed by atoms with Gasteiger partial charge in [-0.3, -0.25) is 4.79 Å². The van der Waals surface area contributed by atoms with Gasteiger partial charge in [0.15, 0.2) is 0 Å². The molecule has 0 aromatic carbocycles. The molecule has 25 heavy (non-hydrogen) atoms. The Balaban J connectivity index is 4.42. The average Bonchev–Trinajstić information content (AvgIpc) is 2.43. The Morgan fingerprint density at radius 1 is 1.16 bits per heavy atom. The zero-order valence-electron chi connectivity index (χ0n) is 16.3. The van der Waals surface area contributed by atoms with Crippen LogP contribution in [0.3, 0.4) is 0 Å². The van der Waals surface area contributed by atoms with E-state index in [4.69, 9.17) is 4.74 Å². The summed E-state index contributed by atoms with van der Waals surface area (Å²) in [6.45, 7) is 12.8. The molecular weight excluding hydrogens is 344 g/mol. The van der Waals surface area contributed by atoms with Gasteiger partial charge in [-0.1, -0.05) is 6.92 Å². The van der Waals surface area contributed by atoms with Crippen LogP contribution in [0, 0.1) is 0 Å². The summed E-state index contributed by atoms with van der Waals surface area (Å²) in [5.41, 5.74) is -0.964. The highest BCUT2D eigenvalue weighted by atomic mass is 32.2. The summed E-state index contributed by atoms with van der Waals surface area (Å²) < 4.78 is 5.07. The van der Waals surface area contributed by atoms with Gasteiger partial charge in [-0.25, -0.2) is 9.59 Å². The molecule has 2 amide bonds. The lowest BCUT2D eigenvalue weighted by atomic mass is 10.0. The van der Waals surface area contributed by atoms with E-state index in [2.05, 4.69) is 10.6 Å². The summed E-state index contributed by atoms with van der Waals surface area (Å²) in [4.78, 5) is 35.1. The van der Waals surface area contributed by atoms with Gasteiger partial charge >= 0.3 is 12.1 Å². The maximum absolute atomic E-state index is 12.1. The van der Waals surface area contributed by atoms with Crippen LogP contribution >= 0.6 is 11.8 Å². The summed E-state index contributed by atoms with van der Waals surface area (Å²) in [5.74, 6) is -0.784. The van der Waals surface area contributed by atoms with Crippen molar-refractivity contribution in [3.05, 3.63) is 0 Å². The Morgan fingerprint density at radius 2 is 1.72 bits per heavy atom. The molecule has 0 aliphatic carbocycles. The smallest absolute Gasteiger partial charge is 0.408 e. The van der Waals surface area contributed by atoms with Crippen LogP contribution in [0.2, 0.25) is 0 Å². The van der Waals surface area contributed by atoms with Crippen LogP contribution in [0.5, 0.6) is 0 Å². The highest BCUT2D eigenvalue weighted by Crippen LogP contribution is 2.16. The van der Waals surface area contributed by atoms with E-state index in [9.17, 15) is 19.5 Å². The third-order valence-corrected chi connectivity index (χ3v) is 4.66. The number of amides is 2. The molecule has 8 heteroatoms. The molecule has 0 aliphatic heterocycles. The van der Waals surface area contributed by atoms with Gasteiger partial charge in [0.25, 0.3) is 0 Å². The summed E-state index contributed by atoms with van der Waals surface area (Å²) in [6, 6.07) is -1.05. The molecule has 0 spiro atoms. The van der Waals surface area contributed by atoms with Gasteiger partial charge in [-0.15, -0.1) is 11.8 Å². The largest absolute Gasteiger partial charge is 0.480 e. The van der Waals surface area contributed by atoms with Crippen molar-refractivity contribution in [3.8, 4) is 0 Å². The number of carbonyl (C=O) groups excluding carboxylic acids is 2. The lowest BCUT2D eigenvalue weighted by Crippen LogP contribution is -2.46. The minimum atomic E-state index is -1.13. The van der Waals surface area contributed by atoms with Gasteiger partial charge in [-0.2, -0.15) is 0 Å². The molecule has 0 aromatic heterocycles. The van der Waals surface area contributed by atoms with E-state index in [1.807, 2.05) is 20.8 Å². The lowest BCUT2D eigenvalue weighted by molar-refractivity contribution is -0.139. The minimum Gasteiger partial charge on any atom is -0.480 e. The molecule has 0 aromatic rings. The molecule has 0 aliphatic rings. The number of hydrogen-bond acceptors (Lipinski definition) is 5. The molecule has 0 radical (unpaired) electrons. The van der Waals surface area contributed by atoms with Crippen LogP contribution in [0.1, 0.15) is 61.3 Å². The van der Waals surface area contributed by atoms with Crippen molar-refractivity contribution >= 4 is 29.7 Å². The fraction of sp³-hybridized carbons (Fsp3) is 0.824. The van der Waals surface area contributed by atoms with E-state index in [0.717, 1.165) is 6.42 Å². The van der Waals surface area contributed by atoms with E-state index in [0.29, 0.717) is 5.75 Å². The number of carboxylic acids is 1. The van der Waals surface area contributed by atoms with Crippen molar-refractivity contribution in [1.29, 1.82) is 0 Å². The van der Waals surface area contributed by atoms with Gasteiger partial charge in [0.05, 0.1) is 5.25 Å². The number of hydrogen-bond donors (Lipinski definition) is 3. The van der Waals surface area contributed by atoms with Gasteiger partial charge in [0.1, 0.15) is 11.6 Å². The Kier molecular flexibility index (Phi) is 9.32. The molecule has 0 saturated heterocycles. The Morgan fingerprint density at radius 3 is 2.16 bits per heavy atom. The Bertz CT molecular complexity index is 474. The highest BCUT2D eigenvalue weighted by Gasteiger charge is 2.25. The number of rotatable bonds is 9. The zero-order valence-corrected chi connectivity index (χ0v) is 17.1. The van der Waals surface area contributed by atoms with Crippen molar-refractivity contribution in [2.75, 3.05) is 5.75 Å². The molecule has 146 valence electrons. The van der Waals surface area contributed by atoms with Crippen molar-refractivity contribution in [3.63, 3.8) is 0 Å². The van der Waals surface area contributed by atoms with Crippen molar-refractivity contribution < 1.29 is 24.2 Å². The number of ether oxygens (including phenoxy) is 1. The normalized spacial score (nSPS) is 14.4. The minimum absolute atomic E-state index is 0.0798. The molecule has 0 saturated carbocycles. The van der Waals surface area contributed by atoms with Gasteiger partial charge in [0, 0.05) is 5.54 Å². The van der Waals surface area contributed by atoms with Crippen LogP contribution < -0.4 is 10.6 Å². The third-order valence-electron chi connectivity index (χ3n) is 3.48. The topological polar surface area (TPSA) is 105 Å². The molecule has 0 fully saturated rings. The van der Waals surface area contributed by atoms with E-state index in [-0.39, 0.29) is 23.1 Å². The average molecular weight is 377 g/mol. The first kappa shape index (κ1) is 23.6. The second-order valence-electron chi connectivity index (χ2n) is 7.57. The molecule has 0 bridgehead atoms. The van der Waals surface area contributed by atoms with Crippen LogP contribution in [0.25, 0.3) is 0 Å². The second kappa shape index (κ2) is 9.89. The quantitative estimate of drug-likeness (QED) is 0.571. The number of aliphatic carboxylic acids is 1. The predicted molar refractivity (Wildman–Crippen MR) is 99.8 cm³/mol. The fourth-order valence-electron chi connectivity index (χ4n) is 1.67. The summed E-state index contributed by atoms with van der Waals surface area (Å²) in [5, 5.41) is 14.2. The standard InChI is InChI=1S/C17H32N2O5S/c1-8-17(6,7)19-13(20)11(2)25-10-9-12(14(21)22)18-15(23)24-16(3,4)5/h11-12H,8-10H2,1-7H3,(H,18,23)(H,19,20)(H,21,22). The van der Waals surface area contributed by atoms with E-state index >= 15 is 0 Å². The molecule has 0 rings (SSSR count). The Hall–Kier alpha value is -1.44. The zero-order chi connectivity index (χ0) is 19.8. The summed E-state index contributed by atoms with van der Waals surface area (Å²) in [6.07, 6.45) is 0.255. The number of carboxylic acid groups (broad SMARTS) is 1. The molecular formula is C17H32N2O5S. The SMILES string of the molecule is CCC(C)(C)NC(=O)C(C)SCCC(NC(=O)OC(C)(C)C)C(=O)O. The molecule has 0 heterocycles. The van der Waals surface area contributed by atoms with Crippen molar-refractivity contribution in [1.82, 2.24) is 10.6 Å². The molecule has 3 N–H and O–H groups in total. The molecule has 2 unspecified atom stereocenters. The number of thioether (sulfide) groups is 1. The number of alkyl carbamates (subject to hydrolysis) is 1. The Labute approximate surface area is 154 Å². The van der Waals surface area contributed by atoms with Gasteiger partial charge < -0.3 is 20.5 Å². The maximum Gasteiger partial charge on any atom is 0.408 e. The van der Waals surface area contributed by atoms with Gasteiger partial charge in [-0.05, 0) is 60.1 Å². The summed E-state index contributed by atoms with van der Waals surface area (Å²) in [7, 11) is 0. The van der Waals surface area contributed by atoms with Crippen molar-refractivity contribution in [2.24, 2.45) is 0 Å². The van der Waals surface area contributed by atoms with Crippen LogP contribution in [-0.4, -0.2) is 51.3 Å². The predicted octanol–water partition coefficient (Wildman–Crippen LogP) is 2.78. The lowest BCUT2D eigenvalue weighted by Gasteiger charge is -2.26. The first-order valence-corrected chi connectivity index (χ1v) is 9.48. The number of carbonyl (C=O) groups is 3. The molecule has 2 atom stereocenters. The van der Waals surface area contributed by atoms with Crippen LogP contribution in [0.4, 0.5) is 4.79 Å². The molecule has 7 nitrogen and oxygen atoms in total. The van der Waals surface area contributed by atoms with Crippen LogP contribution in [-0.2, 0) is 14.3 Å². The second-order valence-corrected chi connectivity index (χ2v) is 9.01. The summed E-state index contributed by atoms with van der Waals surface area (Å²) >= 11 is 1.35. The maximum atomic E-state index is 12.1. The first-order valence-electron chi connectivity index (χ1n) is 8.43. The number of nitrogens with one attached hydrogen (secondary N) is 2.